The molecule has 0 saturated heterocycles. The largest absolute Gasteiger partial charge is 0.508 e. The van der Waals surface area contributed by atoms with Crippen molar-refractivity contribution in [1.29, 1.82) is 0 Å². The molecule has 0 amide bonds. The van der Waals surface area contributed by atoms with Crippen LogP contribution >= 0.6 is 0 Å². The average Bonchev–Trinajstić information content (AvgIpc) is 2.18. The fraction of sp³-hybridized carbons (Fsp3) is 0.250. The van der Waals surface area contributed by atoms with Gasteiger partial charge in [0.1, 0.15) is 11.9 Å². The Hall–Kier alpha value is -1.77. The molecular weight excluding hydrogens is 192 g/mol. The third kappa shape index (κ3) is 3.13. The van der Waals surface area contributed by atoms with E-state index in [1.54, 1.807) is 38.1 Å². The number of esters is 1. The van der Waals surface area contributed by atoms with Crippen molar-refractivity contribution in [2.24, 2.45) is 0 Å². The first kappa shape index (κ1) is 11.3. The van der Waals surface area contributed by atoms with Crippen LogP contribution in [0.3, 0.4) is 0 Å². The molecule has 1 aromatic carbocycles. The molecule has 0 aromatic heterocycles. The van der Waals surface area contributed by atoms with Crippen LogP contribution in [0.25, 0.3) is 0 Å². The van der Waals surface area contributed by atoms with Gasteiger partial charge in [0.15, 0.2) is 0 Å². The summed E-state index contributed by atoms with van der Waals surface area (Å²) in [5.41, 5.74) is 1.21. The first-order chi connectivity index (χ1) is 7.00. The molecule has 15 heavy (non-hydrogen) atoms. The molecule has 80 valence electrons. The maximum Gasteiger partial charge on any atom is 0.333 e. The summed E-state index contributed by atoms with van der Waals surface area (Å²) in [6.07, 6.45) is -0.338. The number of ether oxygens (including phenoxy) is 1. The lowest BCUT2D eigenvalue weighted by Crippen LogP contribution is -2.08. The lowest BCUT2D eigenvalue weighted by molar-refractivity contribution is -0.143. The number of rotatable bonds is 3. The maximum absolute atomic E-state index is 11.2. The normalized spacial score (nSPS) is 11.9. The SMILES string of the molecule is C=C(C)C(=O)OC(C)c1ccc(O)cc1. The highest BCUT2D eigenvalue weighted by molar-refractivity contribution is 5.87. The number of phenols is 1. The number of aromatic hydroxyl groups is 1. The van der Waals surface area contributed by atoms with Gasteiger partial charge in [-0.05, 0) is 31.5 Å². The zero-order valence-corrected chi connectivity index (χ0v) is 8.86. The second-order valence-corrected chi connectivity index (χ2v) is 3.42. The molecule has 3 heteroatoms. The molecule has 0 spiro atoms. The Kier molecular flexibility index (Phi) is 3.50. The lowest BCUT2D eigenvalue weighted by atomic mass is 10.1. The molecule has 0 heterocycles. The van der Waals surface area contributed by atoms with Crippen molar-refractivity contribution >= 4 is 5.97 Å². The maximum atomic E-state index is 11.2. The van der Waals surface area contributed by atoms with E-state index in [1.165, 1.54) is 0 Å². The molecule has 3 nitrogen and oxygen atoms in total. The second-order valence-electron chi connectivity index (χ2n) is 3.42. The average molecular weight is 206 g/mol. The minimum absolute atomic E-state index is 0.192. The van der Waals surface area contributed by atoms with Crippen LogP contribution in [-0.2, 0) is 9.53 Å². The van der Waals surface area contributed by atoms with Crippen LogP contribution in [0.2, 0.25) is 0 Å². The summed E-state index contributed by atoms with van der Waals surface area (Å²) in [4.78, 5) is 11.2. The smallest absolute Gasteiger partial charge is 0.333 e. The standard InChI is InChI=1S/C12H14O3/c1-8(2)12(14)15-9(3)10-4-6-11(13)7-5-10/h4-7,9,13H,1H2,2-3H3. The predicted molar refractivity (Wildman–Crippen MR) is 57.4 cm³/mol. The third-order valence-electron chi connectivity index (χ3n) is 1.99. The van der Waals surface area contributed by atoms with E-state index in [9.17, 15) is 4.79 Å². The van der Waals surface area contributed by atoms with Gasteiger partial charge in [-0.1, -0.05) is 18.7 Å². The van der Waals surface area contributed by atoms with Gasteiger partial charge >= 0.3 is 5.97 Å². The summed E-state index contributed by atoms with van der Waals surface area (Å²) >= 11 is 0. The molecule has 0 aliphatic heterocycles. The second kappa shape index (κ2) is 4.64. The monoisotopic (exact) mass is 206 g/mol. The van der Waals surface area contributed by atoms with Crippen LogP contribution in [0, 0.1) is 0 Å². The van der Waals surface area contributed by atoms with E-state index in [0.717, 1.165) is 5.56 Å². The molecular formula is C12H14O3. The van der Waals surface area contributed by atoms with Crippen molar-refractivity contribution in [3.05, 3.63) is 42.0 Å². The first-order valence-corrected chi connectivity index (χ1v) is 4.66. The Morgan fingerprint density at radius 1 is 1.40 bits per heavy atom. The summed E-state index contributed by atoms with van der Waals surface area (Å²) in [6.45, 7) is 6.88. The van der Waals surface area contributed by atoms with Crippen molar-refractivity contribution in [2.45, 2.75) is 20.0 Å². The van der Waals surface area contributed by atoms with E-state index in [-0.39, 0.29) is 11.9 Å². The number of carbonyl (C=O) groups excluding carboxylic acids is 1. The highest BCUT2D eigenvalue weighted by Crippen LogP contribution is 2.20. The fourth-order valence-corrected chi connectivity index (χ4v) is 1.07. The lowest BCUT2D eigenvalue weighted by Gasteiger charge is -2.13. The fourth-order valence-electron chi connectivity index (χ4n) is 1.07. The number of hydrogen-bond acceptors (Lipinski definition) is 3. The summed E-state index contributed by atoms with van der Waals surface area (Å²) in [6, 6.07) is 6.54. The molecule has 0 bridgehead atoms. The van der Waals surface area contributed by atoms with Crippen molar-refractivity contribution < 1.29 is 14.6 Å². The first-order valence-electron chi connectivity index (χ1n) is 4.66. The van der Waals surface area contributed by atoms with Crippen LogP contribution in [0.15, 0.2) is 36.4 Å². The van der Waals surface area contributed by atoms with E-state index in [1.807, 2.05) is 0 Å². The Morgan fingerprint density at radius 2 is 1.93 bits per heavy atom. The van der Waals surface area contributed by atoms with Crippen molar-refractivity contribution in [3.63, 3.8) is 0 Å². The van der Waals surface area contributed by atoms with Gasteiger partial charge in [-0.25, -0.2) is 4.79 Å². The van der Waals surface area contributed by atoms with Gasteiger partial charge in [-0.15, -0.1) is 0 Å². The quantitative estimate of drug-likeness (QED) is 0.610. The Bertz CT molecular complexity index is 365. The molecule has 1 rings (SSSR count). The number of benzene rings is 1. The summed E-state index contributed by atoms with van der Waals surface area (Å²) in [7, 11) is 0. The topological polar surface area (TPSA) is 46.5 Å². The highest BCUT2D eigenvalue weighted by atomic mass is 16.5. The molecule has 1 atom stereocenters. The zero-order chi connectivity index (χ0) is 11.4. The number of phenolic OH excluding ortho intramolecular Hbond substituents is 1. The predicted octanol–water partition coefficient (Wildman–Crippen LogP) is 2.57. The number of carbonyl (C=O) groups is 1. The van der Waals surface area contributed by atoms with Gasteiger partial charge in [0.05, 0.1) is 0 Å². The minimum atomic E-state index is -0.407. The minimum Gasteiger partial charge on any atom is -0.508 e. The van der Waals surface area contributed by atoms with Crippen molar-refractivity contribution in [3.8, 4) is 5.75 Å². The molecule has 0 fully saturated rings. The Labute approximate surface area is 89.0 Å². The molecule has 1 aromatic rings. The Morgan fingerprint density at radius 3 is 2.40 bits per heavy atom. The van der Waals surface area contributed by atoms with E-state index >= 15 is 0 Å². The van der Waals surface area contributed by atoms with Gasteiger partial charge < -0.3 is 9.84 Å². The van der Waals surface area contributed by atoms with Gasteiger partial charge in [0.2, 0.25) is 0 Å². The van der Waals surface area contributed by atoms with Gasteiger partial charge in [0, 0.05) is 5.57 Å². The summed E-state index contributed by atoms with van der Waals surface area (Å²) in [5.74, 6) is -0.215. The molecule has 0 aliphatic carbocycles. The van der Waals surface area contributed by atoms with Gasteiger partial charge in [0.25, 0.3) is 0 Å². The Balaban J connectivity index is 2.69. The van der Waals surface area contributed by atoms with Gasteiger partial charge in [-0.2, -0.15) is 0 Å². The molecule has 0 aliphatic rings. The van der Waals surface area contributed by atoms with Crippen LogP contribution in [0.5, 0.6) is 5.75 Å². The molecule has 1 N–H and O–H groups in total. The molecule has 0 radical (unpaired) electrons. The van der Waals surface area contributed by atoms with Crippen molar-refractivity contribution in [2.75, 3.05) is 0 Å². The van der Waals surface area contributed by atoms with Crippen LogP contribution in [-0.4, -0.2) is 11.1 Å². The van der Waals surface area contributed by atoms with E-state index < -0.39 is 5.97 Å². The zero-order valence-electron chi connectivity index (χ0n) is 8.86. The van der Waals surface area contributed by atoms with E-state index in [2.05, 4.69) is 6.58 Å². The van der Waals surface area contributed by atoms with Crippen molar-refractivity contribution in [1.82, 2.24) is 0 Å². The van der Waals surface area contributed by atoms with Crippen LogP contribution in [0.1, 0.15) is 25.5 Å². The number of hydrogen-bond donors (Lipinski definition) is 1. The summed E-state index contributed by atoms with van der Waals surface area (Å²) < 4.78 is 5.12. The van der Waals surface area contributed by atoms with E-state index in [0.29, 0.717) is 5.57 Å². The highest BCUT2D eigenvalue weighted by Gasteiger charge is 2.11. The summed E-state index contributed by atoms with van der Waals surface area (Å²) in [5, 5.41) is 9.09. The molecule has 1 unspecified atom stereocenters. The van der Waals surface area contributed by atoms with E-state index in [4.69, 9.17) is 9.84 Å². The van der Waals surface area contributed by atoms with Crippen LogP contribution < -0.4 is 0 Å². The molecule has 0 saturated carbocycles. The third-order valence-corrected chi connectivity index (χ3v) is 1.99. The van der Waals surface area contributed by atoms with Gasteiger partial charge in [-0.3, -0.25) is 0 Å². The van der Waals surface area contributed by atoms with Crippen LogP contribution in [0.4, 0.5) is 0 Å².